The highest BCUT2D eigenvalue weighted by Crippen LogP contribution is 2.24. The first kappa shape index (κ1) is 14.3. The van der Waals surface area contributed by atoms with Gasteiger partial charge in [0.05, 0.1) is 7.11 Å². The number of hydrogen-bond acceptors (Lipinski definition) is 3. The highest BCUT2D eigenvalue weighted by Gasteiger charge is 2.04. The maximum absolute atomic E-state index is 9.83. The standard InChI is InChI=1S/C17H21NO2/c1-12(2)13-4-6-15(7-5-13)18-11-14-10-16(20-3)8-9-17(14)19/h4-10,12,18-19H,11H2,1-3H3. The Balaban J connectivity index is 2.04. The van der Waals surface area contributed by atoms with Crippen molar-refractivity contribution >= 4 is 5.69 Å². The lowest BCUT2D eigenvalue weighted by Crippen LogP contribution is -2.00. The maximum Gasteiger partial charge on any atom is 0.120 e. The van der Waals surface area contributed by atoms with E-state index in [0.717, 1.165) is 17.0 Å². The van der Waals surface area contributed by atoms with Crippen molar-refractivity contribution in [2.45, 2.75) is 26.3 Å². The lowest BCUT2D eigenvalue weighted by molar-refractivity contribution is 0.411. The van der Waals surface area contributed by atoms with Gasteiger partial charge in [0.15, 0.2) is 0 Å². The molecule has 0 saturated heterocycles. The molecule has 0 unspecified atom stereocenters. The highest BCUT2D eigenvalue weighted by molar-refractivity contribution is 5.47. The average molecular weight is 271 g/mol. The Hall–Kier alpha value is -2.16. The van der Waals surface area contributed by atoms with E-state index in [1.807, 2.05) is 6.07 Å². The number of aromatic hydroxyl groups is 1. The lowest BCUT2D eigenvalue weighted by atomic mass is 10.0. The number of phenolic OH excluding ortho intramolecular Hbond substituents is 1. The number of rotatable bonds is 5. The Morgan fingerprint density at radius 2 is 1.80 bits per heavy atom. The van der Waals surface area contributed by atoms with Crippen LogP contribution < -0.4 is 10.1 Å². The Kier molecular flexibility index (Phi) is 4.51. The molecule has 0 aliphatic carbocycles. The summed E-state index contributed by atoms with van der Waals surface area (Å²) in [6.07, 6.45) is 0. The summed E-state index contributed by atoms with van der Waals surface area (Å²) < 4.78 is 5.17. The van der Waals surface area contributed by atoms with E-state index in [0.29, 0.717) is 12.5 Å². The summed E-state index contributed by atoms with van der Waals surface area (Å²) >= 11 is 0. The van der Waals surface area contributed by atoms with E-state index in [-0.39, 0.29) is 5.75 Å². The predicted molar refractivity (Wildman–Crippen MR) is 82.5 cm³/mol. The molecule has 0 spiro atoms. The minimum Gasteiger partial charge on any atom is -0.508 e. The summed E-state index contributed by atoms with van der Waals surface area (Å²) in [4.78, 5) is 0. The normalized spacial score (nSPS) is 10.6. The van der Waals surface area contributed by atoms with Crippen molar-refractivity contribution in [1.82, 2.24) is 0 Å². The minimum absolute atomic E-state index is 0.275. The van der Waals surface area contributed by atoms with Crippen LogP contribution in [0.3, 0.4) is 0 Å². The molecule has 0 amide bonds. The third-order valence-electron chi connectivity index (χ3n) is 3.35. The van der Waals surface area contributed by atoms with Gasteiger partial charge in [0.1, 0.15) is 11.5 Å². The lowest BCUT2D eigenvalue weighted by Gasteiger charge is -2.11. The number of hydrogen-bond donors (Lipinski definition) is 2. The van der Waals surface area contributed by atoms with E-state index in [2.05, 4.69) is 43.4 Å². The van der Waals surface area contributed by atoms with Crippen LogP contribution in [0.25, 0.3) is 0 Å². The molecule has 0 bridgehead atoms. The average Bonchev–Trinajstić information content (AvgIpc) is 2.47. The Labute approximate surface area is 120 Å². The van der Waals surface area contributed by atoms with Crippen molar-refractivity contribution in [3.63, 3.8) is 0 Å². The van der Waals surface area contributed by atoms with Crippen LogP contribution in [-0.2, 0) is 6.54 Å². The molecule has 0 aliphatic heterocycles. The van der Waals surface area contributed by atoms with Crippen LogP contribution >= 0.6 is 0 Å². The van der Waals surface area contributed by atoms with Crippen molar-refractivity contribution in [2.75, 3.05) is 12.4 Å². The molecular formula is C17H21NO2. The molecule has 2 N–H and O–H groups in total. The molecule has 0 heterocycles. The molecule has 2 aromatic rings. The first-order valence-electron chi connectivity index (χ1n) is 6.80. The van der Waals surface area contributed by atoms with Gasteiger partial charge in [-0.25, -0.2) is 0 Å². The zero-order valence-electron chi connectivity index (χ0n) is 12.2. The van der Waals surface area contributed by atoms with Crippen LogP contribution in [0.1, 0.15) is 30.9 Å². The fourth-order valence-corrected chi connectivity index (χ4v) is 2.01. The van der Waals surface area contributed by atoms with Gasteiger partial charge in [-0.1, -0.05) is 26.0 Å². The summed E-state index contributed by atoms with van der Waals surface area (Å²) in [5, 5.41) is 13.1. The number of anilines is 1. The van der Waals surface area contributed by atoms with Crippen molar-refractivity contribution in [3.05, 3.63) is 53.6 Å². The van der Waals surface area contributed by atoms with Crippen LogP contribution in [0.5, 0.6) is 11.5 Å². The second kappa shape index (κ2) is 6.33. The van der Waals surface area contributed by atoms with E-state index < -0.39 is 0 Å². The molecule has 3 heteroatoms. The monoisotopic (exact) mass is 271 g/mol. The summed E-state index contributed by atoms with van der Waals surface area (Å²) in [5.41, 5.74) is 3.17. The SMILES string of the molecule is COc1ccc(O)c(CNc2ccc(C(C)C)cc2)c1. The van der Waals surface area contributed by atoms with Crippen molar-refractivity contribution in [2.24, 2.45) is 0 Å². The number of nitrogens with one attached hydrogen (secondary N) is 1. The fraction of sp³-hybridized carbons (Fsp3) is 0.294. The second-order valence-electron chi connectivity index (χ2n) is 5.12. The van der Waals surface area contributed by atoms with Gasteiger partial charge < -0.3 is 15.2 Å². The summed E-state index contributed by atoms with van der Waals surface area (Å²) in [7, 11) is 1.62. The number of ether oxygens (including phenoxy) is 1. The van der Waals surface area contributed by atoms with Gasteiger partial charge in [-0.3, -0.25) is 0 Å². The number of benzene rings is 2. The Morgan fingerprint density at radius 1 is 1.10 bits per heavy atom. The van der Waals surface area contributed by atoms with Crippen LogP contribution in [-0.4, -0.2) is 12.2 Å². The molecule has 0 aromatic heterocycles. The van der Waals surface area contributed by atoms with Gasteiger partial charge in [0.25, 0.3) is 0 Å². The molecule has 0 radical (unpaired) electrons. The summed E-state index contributed by atoms with van der Waals surface area (Å²) in [5.74, 6) is 1.55. The van der Waals surface area contributed by atoms with E-state index in [1.165, 1.54) is 5.56 Å². The van der Waals surface area contributed by atoms with Gasteiger partial charge in [-0.05, 0) is 41.8 Å². The van der Waals surface area contributed by atoms with E-state index in [9.17, 15) is 5.11 Å². The Bertz CT molecular complexity index is 562. The third-order valence-corrected chi connectivity index (χ3v) is 3.35. The summed E-state index contributed by atoms with van der Waals surface area (Å²) in [6, 6.07) is 13.6. The number of phenols is 1. The van der Waals surface area contributed by atoms with Crippen molar-refractivity contribution in [1.29, 1.82) is 0 Å². The second-order valence-corrected chi connectivity index (χ2v) is 5.12. The van der Waals surface area contributed by atoms with E-state index >= 15 is 0 Å². The van der Waals surface area contributed by atoms with Crippen LogP contribution in [0.4, 0.5) is 5.69 Å². The predicted octanol–water partition coefficient (Wildman–Crippen LogP) is 4.14. The zero-order valence-corrected chi connectivity index (χ0v) is 12.2. The van der Waals surface area contributed by atoms with Crippen LogP contribution in [0.15, 0.2) is 42.5 Å². The molecular weight excluding hydrogens is 250 g/mol. The summed E-state index contributed by atoms with van der Waals surface area (Å²) in [6.45, 7) is 4.91. The third kappa shape index (κ3) is 3.44. The van der Waals surface area contributed by atoms with Gasteiger partial charge in [-0.2, -0.15) is 0 Å². The molecule has 0 saturated carbocycles. The number of methoxy groups -OCH3 is 1. The van der Waals surface area contributed by atoms with Crippen molar-refractivity contribution in [3.8, 4) is 11.5 Å². The molecule has 0 fully saturated rings. The molecule has 0 aliphatic rings. The van der Waals surface area contributed by atoms with E-state index in [4.69, 9.17) is 4.74 Å². The molecule has 0 atom stereocenters. The zero-order chi connectivity index (χ0) is 14.5. The smallest absolute Gasteiger partial charge is 0.120 e. The minimum atomic E-state index is 0.275. The first-order valence-corrected chi connectivity index (χ1v) is 6.80. The van der Waals surface area contributed by atoms with Gasteiger partial charge >= 0.3 is 0 Å². The van der Waals surface area contributed by atoms with Gasteiger partial charge in [0.2, 0.25) is 0 Å². The topological polar surface area (TPSA) is 41.5 Å². The molecule has 2 aromatic carbocycles. The fourth-order valence-electron chi connectivity index (χ4n) is 2.01. The molecule has 106 valence electrons. The molecule has 2 rings (SSSR count). The van der Waals surface area contributed by atoms with Crippen LogP contribution in [0.2, 0.25) is 0 Å². The highest BCUT2D eigenvalue weighted by atomic mass is 16.5. The maximum atomic E-state index is 9.83. The Morgan fingerprint density at radius 3 is 2.40 bits per heavy atom. The van der Waals surface area contributed by atoms with Gasteiger partial charge in [-0.15, -0.1) is 0 Å². The van der Waals surface area contributed by atoms with Gasteiger partial charge in [0, 0.05) is 17.8 Å². The quantitative estimate of drug-likeness (QED) is 0.859. The van der Waals surface area contributed by atoms with Crippen LogP contribution in [0, 0.1) is 0 Å². The molecule has 3 nitrogen and oxygen atoms in total. The van der Waals surface area contributed by atoms with Crippen molar-refractivity contribution < 1.29 is 9.84 Å². The largest absolute Gasteiger partial charge is 0.508 e. The molecule has 20 heavy (non-hydrogen) atoms. The first-order chi connectivity index (χ1) is 9.60. The van der Waals surface area contributed by atoms with E-state index in [1.54, 1.807) is 19.2 Å².